The van der Waals surface area contributed by atoms with Crippen LogP contribution in [0.3, 0.4) is 0 Å². The van der Waals surface area contributed by atoms with Crippen molar-refractivity contribution in [3.05, 3.63) is 65.2 Å². The van der Waals surface area contributed by atoms with E-state index in [2.05, 4.69) is 20.6 Å². The molecule has 15 heteroatoms. The van der Waals surface area contributed by atoms with Crippen LogP contribution in [0.5, 0.6) is 0 Å². The predicted molar refractivity (Wildman–Crippen MR) is 135 cm³/mol. The van der Waals surface area contributed by atoms with Crippen LogP contribution < -0.4 is 16.4 Å². The molecule has 8 N–H and O–H groups in total. The minimum Gasteiger partial charge on any atom is -0.397 e. The van der Waals surface area contributed by atoms with E-state index in [1.165, 1.54) is 30.6 Å². The molecule has 0 bridgehead atoms. The van der Waals surface area contributed by atoms with Gasteiger partial charge in [-0.2, -0.15) is 16.8 Å². The van der Waals surface area contributed by atoms with Gasteiger partial charge in [0.15, 0.2) is 0 Å². The highest BCUT2D eigenvalue weighted by Crippen LogP contribution is 2.30. The molecule has 0 fully saturated rings. The number of rotatable bonds is 6. The minimum absolute atomic E-state index is 0.0713. The molecule has 0 aliphatic heterocycles. The number of fused-ring (bicyclic) bond motifs is 1. The second-order valence-corrected chi connectivity index (χ2v) is 11.0. The molecule has 0 atom stereocenters. The van der Waals surface area contributed by atoms with Crippen molar-refractivity contribution >= 4 is 59.9 Å². The van der Waals surface area contributed by atoms with E-state index in [0.29, 0.717) is 28.6 Å². The highest BCUT2D eigenvalue weighted by Gasteiger charge is 2.22. The average molecular weight is 548 g/mol. The molecular weight excluding hydrogens is 526 g/mol. The van der Waals surface area contributed by atoms with Gasteiger partial charge >= 0.3 is 0 Å². The van der Waals surface area contributed by atoms with Crippen LogP contribution in [0, 0.1) is 13.8 Å². The summed E-state index contributed by atoms with van der Waals surface area (Å²) in [5.74, 6) is -1.08. The van der Waals surface area contributed by atoms with Crippen LogP contribution in [-0.4, -0.2) is 47.7 Å². The molecule has 0 saturated carbocycles. The molecule has 0 aliphatic rings. The molecule has 2 amide bonds. The van der Waals surface area contributed by atoms with Crippen LogP contribution >= 0.6 is 0 Å². The number of aromatic nitrogens is 2. The maximum absolute atomic E-state index is 12.9. The zero-order valence-electron chi connectivity index (χ0n) is 19.3. The molecule has 37 heavy (non-hydrogen) atoms. The average Bonchev–Trinajstić information content (AvgIpc) is 3.33. The number of aromatic amines is 2. The monoisotopic (exact) mass is 547 g/mol. The number of benzene rings is 2. The van der Waals surface area contributed by atoms with Gasteiger partial charge in [-0.15, -0.1) is 0 Å². The number of nitrogen functional groups attached to an aromatic ring is 1. The molecule has 0 saturated heterocycles. The van der Waals surface area contributed by atoms with Crippen LogP contribution in [0.4, 0.5) is 17.1 Å². The van der Waals surface area contributed by atoms with Crippen molar-refractivity contribution in [2.75, 3.05) is 16.4 Å². The van der Waals surface area contributed by atoms with E-state index in [1.807, 2.05) is 0 Å². The lowest BCUT2D eigenvalue weighted by Crippen LogP contribution is -2.15. The summed E-state index contributed by atoms with van der Waals surface area (Å²) in [6.45, 7) is 3.29. The molecule has 13 nitrogen and oxygen atoms in total. The third-order valence-corrected chi connectivity index (χ3v) is 7.47. The first-order valence-electron chi connectivity index (χ1n) is 10.4. The Kier molecular flexibility index (Phi) is 6.33. The fourth-order valence-corrected chi connectivity index (χ4v) is 5.07. The molecule has 0 aliphatic carbocycles. The van der Waals surface area contributed by atoms with Gasteiger partial charge in [0, 0.05) is 34.6 Å². The van der Waals surface area contributed by atoms with Gasteiger partial charge in [-0.25, -0.2) is 0 Å². The number of nitrogens with two attached hydrogens (primary N) is 1. The Balaban J connectivity index is 1.63. The maximum Gasteiger partial charge on any atom is 0.295 e. The van der Waals surface area contributed by atoms with E-state index >= 15 is 0 Å². The first-order valence-corrected chi connectivity index (χ1v) is 13.3. The molecule has 2 aromatic heterocycles. The Bertz CT molecular complexity index is 1800. The lowest BCUT2D eigenvalue weighted by molar-refractivity contribution is 0.101. The number of hydrogen-bond donors (Lipinski definition) is 7. The predicted octanol–water partition coefficient (Wildman–Crippen LogP) is 2.69. The van der Waals surface area contributed by atoms with E-state index in [4.69, 9.17) is 5.73 Å². The summed E-state index contributed by atoms with van der Waals surface area (Å²) in [6.07, 6.45) is 2.92. The molecule has 0 unspecified atom stereocenters. The Hall–Kier alpha value is -4.18. The molecular formula is C22H21N5O8S2. The highest BCUT2D eigenvalue weighted by atomic mass is 32.2. The van der Waals surface area contributed by atoms with Crippen LogP contribution in [0.25, 0.3) is 10.8 Å². The molecule has 194 valence electrons. The van der Waals surface area contributed by atoms with Gasteiger partial charge in [0.1, 0.15) is 16.3 Å². The molecule has 4 aromatic rings. The van der Waals surface area contributed by atoms with Gasteiger partial charge in [-0.1, -0.05) is 6.07 Å². The lowest BCUT2D eigenvalue weighted by Gasteiger charge is -2.10. The second kappa shape index (κ2) is 9.04. The Morgan fingerprint density at radius 2 is 1.46 bits per heavy atom. The van der Waals surface area contributed by atoms with Gasteiger partial charge in [0.2, 0.25) is 0 Å². The number of hydrogen-bond acceptors (Lipinski definition) is 7. The maximum atomic E-state index is 12.9. The SMILES string of the molecule is Cc1c(N)c[nH]c1C(=O)Nc1c[nH]c(C(=O)Nc2ccc3cc(S(=O)(=O)O)cc(S(=O)(=O)O)c3c2)c1C. The number of H-pyrrole nitrogens is 2. The summed E-state index contributed by atoms with van der Waals surface area (Å²) in [6, 6.07) is 5.55. The quantitative estimate of drug-likeness (QED) is 0.176. The fraction of sp³-hybridized carbons (Fsp3) is 0.0909. The Morgan fingerprint density at radius 1 is 0.838 bits per heavy atom. The largest absolute Gasteiger partial charge is 0.397 e. The van der Waals surface area contributed by atoms with E-state index in [0.717, 1.165) is 6.07 Å². The number of nitrogens with one attached hydrogen (secondary N) is 4. The smallest absolute Gasteiger partial charge is 0.295 e. The molecule has 2 heterocycles. The number of anilines is 3. The second-order valence-electron chi connectivity index (χ2n) is 8.16. The van der Waals surface area contributed by atoms with Crippen molar-refractivity contribution in [3.8, 4) is 0 Å². The van der Waals surface area contributed by atoms with Crippen molar-refractivity contribution in [1.29, 1.82) is 0 Å². The van der Waals surface area contributed by atoms with Gasteiger partial charge in [0.05, 0.1) is 16.3 Å². The van der Waals surface area contributed by atoms with Crippen LogP contribution in [-0.2, 0) is 20.2 Å². The van der Waals surface area contributed by atoms with E-state index in [9.17, 15) is 35.5 Å². The zero-order chi connectivity index (χ0) is 27.3. The third-order valence-electron chi connectivity index (χ3n) is 5.75. The van der Waals surface area contributed by atoms with E-state index in [-0.39, 0.29) is 27.8 Å². The molecule has 2 aromatic carbocycles. The van der Waals surface area contributed by atoms with Crippen LogP contribution in [0.1, 0.15) is 32.1 Å². The van der Waals surface area contributed by atoms with E-state index in [1.54, 1.807) is 13.8 Å². The summed E-state index contributed by atoms with van der Waals surface area (Å²) in [4.78, 5) is 29.5. The molecule has 0 spiro atoms. The fourth-order valence-electron chi connectivity index (χ4n) is 3.72. The van der Waals surface area contributed by atoms with Crippen LogP contribution in [0.15, 0.2) is 52.5 Å². The topological polar surface area (TPSA) is 225 Å². The summed E-state index contributed by atoms with van der Waals surface area (Å²) in [7, 11) is -9.65. The van der Waals surface area contributed by atoms with Gasteiger partial charge in [0.25, 0.3) is 32.1 Å². The molecule has 4 rings (SSSR count). The van der Waals surface area contributed by atoms with Gasteiger partial charge in [-0.3, -0.25) is 18.7 Å². The van der Waals surface area contributed by atoms with Crippen LogP contribution in [0.2, 0.25) is 0 Å². The third kappa shape index (κ3) is 5.05. The molecule has 0 radical (unpaired) electrons. The summed E-state index contributed by atoms with van der Waals surface area (Å²) in [5.41, 5.74) is 8.02. The number of carbonyl (C=O) groups excluding carboxylic acids is 2. The van der Waals surface area contributed by atoms with E-state index < -0.39 is 41.8 Å². The summed E-state index contributed by atoms with van der Waals surface area (Å²) in [5, 5.41) is 5.24. The van der Waals surface area contributed by atoms with Crippen molar-refractivity contribution in [1.82, 2.24) is 9.97 Å². The Morgan fingerprint density at radius 3 is 2.05 bits per heavy atom. The number of amides is 2. The van der Waals surface area contributed by atoms with Crippen molar-refractivity contribution in [2.24, 2.45) is 0 Å². The standard InChI is InChI=1S/C22H21N5O8S2/c1-10-16(23)8-24-19(10)22(29)27-17-9-25-20(11(17)2)21(28)26-13-4-3-12-5-14(36(30,31)32)7-18(15(12)6-13)37(33,34)35/h3-9,24-25H,23H2,1-2H3,(H,26,28)(H,27,29)(H,30,31,32)(H,33,34,35). The van der Waals surface area contributed by atoms with Gasteiger partial charge in [-0.05, 0) is 43.5 Å². The van der Waals surface area contributed by atoms with Crippen molar-refractivity contribution < 1.29 is 35.5 Å². The van der Waals surface area contributed by atoms with Crippen molar-refractivity contribution in [2.45, 2.75) is 23.6 Å². The highest BCUT2D eigenvalue weighted by molar-refractivity contribution is 7.86. The summed E-state index contributed by atoms with van der Waals surface area (Å²) >= 11 is 0. The summed E-state index contributed by atoms with van der Waals surface area (Å²) < 4.78 is 65.7. The van der Waals surface area contributed by atoms with Gasteiger partial charge < -0.3 is 26.3 Å². The lowest BCUT2D eigenvalue weighted by atomic mass is 10.1. The number of carbonyl (C=O) groups is 2. The minimum atomic E-state index is -4.89. The Labute approximate surface area is 210 Å². The first-order chi connectivity index (χ1) is 17.2. The van der Waals surface area contributed by atoms with Crippen molar-refractivity contribution in [3.63, 3.8) is 0 Å². The first kappa shape index (κ1) is 25.9. The normalized spacial score (nSPS) is 12.0. The zero-order valence-corrected chi connectivity index (χ0v) is 20.9.